The Hall–Kier alpha value is -2.69. The van der Waals surface area contributed by atoms with Crippen molar-refractivity contribution in [1.29, 1.82) is 0 Å². The van der Waals surface area contributed by atoms with E-state index in [9.17, 15) is 9.59 Å². The molecule has 2 atom stereocenters. The van der Waals surface area contributed by atoms with Crippen molar-refractivity contribution in [3.63, 3.8) is 0 Å². The monoisotopic (exact) mass is 349 g/mol. The molecule has 1 aromatic heterocycles. The first-order chi connectivity index (χ1) is 12.6. The normalized spacial score (nSPS) is 22.5. The van der Waals surface area contributed by atoms with Gasteiger partial charge in [0.1, 0.15) is 0 Å². The van der Waals surface area contributed by atoms with E-state index in [0.717, 1.165) is 29.8 Å². The van der Waals surface area contributed by atoms with E-state index in [1.54, 1.807) is 11.1 Å². The zero-order valence-corrected chi connectivity index (χ0v) is 15.2. The zero-order chi connectivity index (χ0) is 18.3. The topological polar surface area (TPSA) is 53.5 Å². The number of rotatable bonds is 2. The van der Waals surface area contributed by atoms with E-state index in [1.807, 2.05) is 55.3 Å². The molecule has 0 radical (unpaired) electrons. The van der Waals surface area contributed by atoms with Gasteiger partial charge in [0.05, 0.1) is 17.2 Å². The fourth-order valence-electron chi connectivity index (χ4n) is 4.21. The number of likely N-dealkylation sites (tertiary alicyclic amines) is 2. The smallest absolute Gasteiger partial charge is 0.256 e. The Morgan fingerprint density at radius 1 is 1.15 bits per heavy atom. The zero-order valence-electron chi connectivity index (χ0n) is 15.2. The number of pyridine rings is 1. The van der Waals surface area contributed by atoms with Crippen LogP contribution in [0.15, 0.2) is 42.6 Å². The Morgan fingerprint density at radius 3 is 2.69 bits per heavy atom. The fraction of sp³-hybridized carbons (Fsp3) is 0.381. The second-order valence-corrected chi connectivity index (χ2v) is 7.31. The van der Waals surface area contributed by atoms with E-state index in [1.165, 1.54) is 0 Å². The van der Waals surface area contributed by atoms with Gasteiger partial charge >= 0.3 is 0 Å². The van der Waals surface area contributed by atoms with Crippen LogP contribution in [0.1, 0.15) is 22.5 Å². The number of aromatic nitrogens is 1. The van der Waals surface area contributed by atoms with Crippen LogP contribution in [0.4, 0.5) is 0 Å². The minimum absolute atomic E-state index is 0.0145. The summed E-state index contributed by atoms with van der Waals surface area (Å²) in [7, 11) is 1.85. The highest BCUT2D eigenvalue weighted by atomic mass is 16.2. The summed E-state index contributed by atoms with van der Waals surface area (Å²) >= 11 is 0. The lowest BCUT2D eigenvalue weighted by Gasteiger charge is -2.30. The molecule has 134 valence electrons. The molecule has 2 saturated heterocycles. The lowest BCUT2D eigenvalue weighted by atomic mass is 9.88. The van der Waals surface area contributed by atoms with Crippen molar-refractivity contribution in [2.75, 3.05) is 26.7 Å². The lowest BCUT2D eigenvalue weighted by Crippen LogP contribution is -2.42. The summed E-state index contributed by atoms with van der Waals surface area (Å²) < 4.78 is 0. The number of piperidine rings is 1. The predicted molar refractivity (Wildman–Crippen MR) is 99.5 cm³/mol. The van der Waals surface area contributed by atoms with Crippen LogP contribution in [0.5, 0.6) is 0 Å². The third-order valence-electron chi connectivity index (χ3n) is 5.70. The third kappa shape index (κ3) is 2.77. The largest absolute Gasteiger partial charge is 0.345 e. The minimum Gasteiger partial charge on any atom is -0.345 e. The van der Waals surface area contributed by atoms with Crippen molar-refractivity contribution in [3.8, 4) is 11.1 Å². The van der Waals surface area contributed by atoms with Gasteiger partial charge in [-0.15, -0.1) is 0 Å². The van der Waals surface area contributed by atoms with Gasteiger partial charge in [0.2, 0.25) is 5.91 Å². The van der Waals surface area contributed by atoms with Crippen LogP contribution in [-0.4, -0.2) is 53.3 Å². The molecule has 0 saturated carbocycles. The Morgan fingerprint density at radius 2 is 1.92 bits per heavy atom. The second kappa shape index (κ2) is 6.56. The number of amides is 2. The van der Waals surface area contributed by atoms with Crippen molar-refractivity contribution in [2.45, 2.75) is 13.3 Å². The predicted octanol–water partition coefficient (Wildman–Crippen LogP) is 2.61. The van der Waals surface area contributed by atoms with Gasteiger partial charge in [0.15, 0.2) is 0 Å². The summed E-state index contributed by atoms with van der Waals surface area (Å²) in [6.07, 6.45) is 2.71. The highest BCUT2D eigenvalue weighted by Crippen LogP contribution is 2.34. The Labute approximate surface area is 153 Å². The molecule has 2 aliphatic rings. The molecule has 5 heteroatoms. The minimum atomic E-state index is -0.0603. The van der Waals surface area contributed by atoms with Crippen LogP contribution in [0.2, 0.25) is 0 Å². The van der Waals surface area contributed by atoms with Crippen molar-refractivity contribution in [1.82, 2.24) is 14.8 Å². The number of hydrogen-bond donors (Lipinski definition) is 0. The van der Waals surface area contributed by atoms with E-state index >= 15 is 0 Å². The quantitative estimate of drug-likeness (QED) is 0.837. The van der Waals surface area contributed by atoms with E-state index < -0.39 is 0 Å². The van der Waals surface area contributed by atoms with E-state index in [2.05, 4.69) is 4.98 Å². The lowest BCUT2D eigenvalue weighted by molar-refractivity contribution is -0.137. The maximum atomic E-state index is 13.4. The first kappa shape index (κ1) is 16.8. The maximum absolute atomic E-state index is 13.4. The van der Waals surface area contributed by atoms with Crippen molar-refractivity contribution in [2.24, 2.45) is 11.8 Å². The summed E-state index contributed by atoms with van der Waals surface area (Å²) in [5.74, 6) is 0.372. The Balaban J connectivity index is 1.67. The Kier molecular flexibility index (Phi) is 4.23. The van der Waals surface area contributed by atoms with Crippen molar-refractivity contribution < 1.29 is 9.59 Å². The molecular weight excluding hydrogens is 326 g/mol. The number of carbonyl (C=O) groups is 2. The number of fused-ring (bicyclic) bond motifs is 1. The van der Waals surface area contributed by atoms with Crippen LogP contribution in [0.25, 0.3) is 11.1 Å². The van der Waals surface area contributed by atoms with Gasteiger partial charge in [-0.1, -0.05) is 30.3 Å². The van der Waals surface area contributed by atoms with E-state index in [0.29, 0.717) is 18.7 Å². The van der Waals surface area contributed by atoms with Crippen LogP contribution < -0.4 is 0 Å². The maximum Gasteiger partial charge on any atom is 0.256 e. The summed E-state index contributed by atoms with van der Waals surface area (Å²) in [6.45, 7) is 3.83. The molecule has 0 aliphatic carbocycles. The highest BCUT2D eigenvalue weighted by molar-refractivity contribution is 6.02. The summed E-state index contributed by atoms with van der Waals surface area (Å²) in [6, 6.07) is 11.8. The molecule has 2 fully saturated rings. The van der Waals surface area contributed by atoms with Crippen LogP contribution >= 0.6 is 0 Å². The van der Waals surface area contributed by atoms with Crippen LogP contribution in [0, 0.1) is 18.8 Å². The molecule has 2 amide bonds. The van der Waals surface area contributed by atoms with Gasteiger partial charge in [-0.05, 0) is 36.5 Å². The summed E-state index contributed by atoms with van der Waals surface area (Å²) in [5.41, 5.74) is 3.29. The molecule has 0 bridgehead atoms. The first-order valence-corrected chi connectivity index (χ1v) is 9.11. The van der Waals surface area contributed by atoms with E-state index in [-0.39, 0.29) is 23.7 Å². The molecular formula is C21H23N3O2. The van der Waals surface area contributed by atoms with Crippen LogP contribution in [-0.2, 0) is 4.79 Å². The molecule has 4 rings (SSSR count). The summed E-state index contributed by atoms with van der Waals surface area (Å²) in [5, 5.41) is 0. The van der Waals surface area contributed by atoms with Crippen LogP contribution in [0.3, 0.4) is 0 Å². The molecule has 3 heterocycles. The van der Waals surface area contributed by atoms with Gasteiger partial charge in [0.25, 0.3) is 5.91 Å². The van der Waals surface area contributed by atoms with Crippen molar-refractivity contribution >= 4 is 11.8 Å². The SMILES string of the molecule is Cc1nccc(-c2ccccc2)c1C(=O)N1CC2CCN(C)C(=O)C2C1. The van der Waals surface area contributed by atoms with Gasteiger partial charge < -0.3 is 9.80 Å². The number of hydrogen-bond acceptors (Lipinski definition) is 3. The second-order valence-electron chi connectivity index (χ2n) is 7.31. The molecule has 2 aromatic rings. The average molecular weight is 349 g/mol. The molecule has 1 aromatic carbocycles. The van der Waals surface area contributed by atoms with Gasteiger partial charge in [-0.2, -0.15) is 0 Å². The number of carbonyl (C=O) groups excluding carboxylic acids is 2. The summed E-state index contributed by atoms with van der Waals surface area (Å²) in [4.78, 5) is 33.8. The number of nitrogens with zero attached hydrogens (tertiary/aromatic N) is 3. The Bertz CT molecular complexity index is 850. The van der Waals surface area contributed by atoms with Gasteiger partial charge in [-0.25, -0.2) is 0 Å². The molecule has 26 heavy (non-hydrogen) atoms. The van der Waals surface area contributed by atoms with Crippen molar-refractivity contribution in [3.05, 3.63) is 53.9 Å². The standard InChI is InChI=1S/C21H23N3O2/c1-14-19(17(8-10-22-14)15-6-4-3-5-7-15)21(26)24-12-16-9-11-23(2)20(25)18(16)13-24/h3-8,10,16,18H,9,11-13H2,1-2H3. The fourth-order valence-corrected chi connectivity index (χ4v) is 4.21. The molecule has 0 spiro atoms. The molecule has 0 N–H and O–H groups in total. The average Bonchev–Trinajstić information content (AvgIpc) is 3.10. The third-order valence-corrected chi connectivity index (χ3v) is 5.70. The molecule has 5 nitrogen and oxygen atoms in total. The molecule has 2 aliphatic heterocycles. The van der Waals surface area contributed by atoms with Gasteiger partial charge in [0, 0.05) is 32.9 Å². The van der Waals surface area contributed by atoms with E-state index in [4.69, 9.17) is 0 Å². The number of aryl methyl sites for hydroxylation is 1. The van der Waals surface area contributed by atoms with Gasteiger partial charge in [-0.3, -0.25) is 14.6 Å². The number of benzene rings is 1. The highest BCUT2D eigenvalue weighted by Gasteiger charge is 2.43. The first-order valence-electron chi connectivity index (χ1n) is 9.11. The molecule has 2 unspecified atom stereocenters.